The Kier molecular flexibility index (Phi) is 6.38. The third-order valence-corrected chi connectivity index (χ3v) is 6.54. The van der Waals surface area contributed by atoms with Gasteiger partial charge in [-0.05, 0) is 68.7 Å². The number of ether oxygens (including phenoxy) is 1. The molecule has 1 aromatic rings. The second kappa shape index (κ2) is 8.98. The quantitative estimate of drug-likeness (QED) is 0.575. The fourth-order valence-electron chi connectivity index (χ4n) is 5.17. The molecule has 0 amide bonds. The van der Waals surface area contributed by atoms with Gasteiger partial charge in [0.25, 0.3) is 0 Å². The molecule has 1 aromatic carbocycles. The number of aliphatic carboxylic acids is 1. The van der Waals surface area contributed by atoms with Gasteiger partial charge in [0.15, 0.2) is 0 Å². The zero-order chi connectivity index (χ0) is 24.8. The van der Waals surface area contributed by atoms with Gasteiger partial charge in [-0.25, -0.2) is 18.0 Å². The van der Waals surface area contributed by atoms with Gasteiger partial charge in [-0.3, -0.25) is 4.90 Å². The fourth-order valence-corrected chi connectivity index (χ4v) is 5.17. The number of carboxylic acid groups (broad SMARTS) is 1. The van der Waals surface area contributed by atoms with E-state index in [-0.39, 0.29) is 35.7 Å². The van der Waals surface area contributed by atoms with E-state index in [9.17, 15) is 9.18 Å². The second-order valence-electron chi connectivity index (χ2n) is 9.68. The maximum absolute atomic E-state index is 15.5. The molecule has 34 heavy (non-hydrogen) atoms. The molecule has 2 heterocycles. The summed E-state index contributed by atoms with van der Waals surface area (Å²) in [6.07, 6.45) is 8.42. The summed E-state index contributed by atoms with van der Waals surface area (Å²) in [6, 6.07) is 1.11. The average Bonchev–Trinajstić information content (AvgIpc) is 3.10. The Balaban J connectivity index is 1.84. The molecule has 182 valence electrons. The van der Waals surface area contributed by atoms with E-state index >= 15 is 8.78 Å². The van der Waals surface area contributed by atoms with Crippen LogP contribution in [0, 0.1) is 17.6 Å². The smallest absolute Gasteiger partial charge is 0.328 e. The third kappa shape index (κ3) is 4.64. The molecular formula is C26H29F3N2O3. The van der Waals surface area contributed by atoms with Crippen LogP contribution in [0.4, 0.5) is 13.2 Å². The van der Waals surface area contributed by atoms with Gasteiger partial charge in [0, 0.05) is 35.8 Å². The maximum atomic E-state index is 15.5. The highest BCUT2D eigenvalue weighted by molar-refractivity contribution is 5.85. The van der Waals surface area contributed by atoms with Gasteiger partial charge >= 0.3 is 5.97 Å². The first kappa shape index (κ1) is 24.1. The highest BCUT2D eigenvalue weighted by atomic mass is 19.1. The number of hydrogen-bond acceptors (Lipinski definition) is 4. The number of fused-ring (bicyclic) bond motifs is 2. The zero-order valence-corrected chi connectivity index (χ0v) is 19.6. The molecule has 3 aliphatic rings. The number of carboxylic acids is 1. The SMILES string of the molecule is COC1=CC2C3=C(NC2C=C1)C(c1c(F)cc(/C=C/C(=O)O)cc1F)N(CC(C)(C)F)C(C)C3. The second-order valence-corrected chi connectivity index (χ2v) is 9.68. The highest BCUT2D eigenvalue weighted by Gasteiger charge is 2.46. The molecule has 0 saturated carbocycles. The van der Waals surface area contributed by atoms with E-state index in [0.717, 1.165) is 35.6 Å². The predicted octanol–water partition coefficient (Wildman–Crippen LogP) is 4.89. The van der Waals surface area contributed by atoms with Crippen molar-refractivity contribution in [3.05, 3.63) is 76.2 Å². The van der Waals surface area contributed by atoms with Gasteiger partial charge in [-0.2, -0.15) is 0 Å². The molecule has 0 saturated heterocycles. The van der Waals surface area contributed by atoms with Gasteiger partial charge in [-0.1, -0.05) is 6.08 Å². The van der Waals surface area contributed by atoms with Crippen molar-refractivity contribution in [1.29, 1.82) is 0 Å². The molecule has 4 unspecified atom stereocenters. The van der Waals surface area contributed by atoms with E-state index in [1.165, 1.54) is 13.8 Å². The molecule has 2 aliphatic heterocycles. The van der Waals surface area contributed by atoms with Crippen LogP contribution in [0.5, 0.6) is 0 Å². The summed E-state index contributed by atoms with van der Waals surface area (Å²) in [5, 5.41) is 12.3. The summed E-state index contributed by atoms with van der Waals surface area (Å²) < 4.78 is 51.2. The van der Waals surface area contributed by atoms with Crippen molar-refractivity contribution < 1.29 is 27.8 Å². The highest BCUT2D eigenvalue weighted by Crippen LogP contribution is 2.48. The molecule has 0 spiro atoms. The molecule has 8 heteroatoms. The summed E-state index contributed by atoms with van der Waals surface area (Å²) in [6.45, 7) is 4.83. The number of nitrogens with zero attached hydrogens (tertiary/aromatic N) is 1. The number of carbonyl (C=O) groups is 1. The number of alkyl halides is 1. The molecule has 2 N–H and O–H groups in total. The van der Waals surface area contributed by atoms with Crippen LogP contribution in [-0.2, 0) is 9.53 Å². The lowest BCUT2D eigenvalue weighted by Crippen LogP contribution is -2.48. The molecule has 0 fully saturated rings. The van der Waals surface area contributed by atoms with Gasteiger partial charge < -0.3 is 15.2 Å². The van der Waals surface area contributed by atoms with E-state index in [4.69, 9.17) is 9.84 Å². The number of allylic oxidation sites excluding steroid dienone is 1. The van der Waals surface area contributed by atoms with Gasteiger partial charge in [0.2, 0.25) is 0 Å². The van der Waals surface area contributed by atoms with Crippen molar-refractivity contribution in [2.75, 3.05) is 13.7 Å². The Morgan fingerprint density at radius 2 is 2.00 bits per heavy atom. The number of hydrogen-bond donors (Lipinski definition) is 2. The normalized spacial score (nSPS) is 26.9. The summed E-state index contributed by atoms with van der Waals surface area (Å²) in [4.78, 5) is 12.6. The van der Waals surface area contributed by atoms with Gasteiger partial charge in [0.05, 0.1) is 19.2 Å². The minimum Gasteiger partial charge on any atom is -0.497 e. The van der Waals surface area contributed by atoms with E-state index < -0.39 is 29.3 Å². The van der Waals surface area contributed by atoms with E-state index in [1.54, 1.807) is 7.11 Å². The third-order valence-electron chi connectivity index (χ3n) is 6.54. The summed E-state index contributed by atoms with van der Waals surface area (Å²) in [5.74, 6) is -2.13. The van der Waals surface area contributed by atoms with Gasteiger partial charge in [-0.15, -0.1) is 0 Å². The molecule has 5 nitrogen and oxygen atoms in total. The van der Waals surface area contributed by atoms with Crippen molar-refractivity contribution in [3.63, 3.8) is 0 Å². The Morgan fingerprint density at radius 3 is 2.59 bits per heavy atom. The van der Waals surface area contributed by atoms with Crippen LogP contribution in [0.1, 0.15) is 44.4 Å². The summed E-state index contributed by atoms with van der Waals surface area (Å²) in [7, 11) is 1.59. The van der Waals surface area contributed by atoms with E-state index in [2.05, 4.69) is 5.32 Å². The van der Waals surface area contributed by atoms with Crippen molar-refractivity contribution in [2.45, 2.75) is 51.0 Å². The van der Waals surface area contributed by atoms with Crippen LogP contribution in [0.15, 0.2) is 53.5 Å². The van der Waals surface area contributed by atoms with Crippen LogP contribution in [0.3, 0.4) is 0 Å². The Bertz CT molecular complexity index is 1090. The Morgan fingerprint density at radius 1 is 1.32 bits per heavy atom. The molecular weight excluding hydrogens is 445 g/mol. The zero-order valence-electron chi connectivity index (χ0n) is 19.6. The average molecular weight is 475 g/mol. The monoisotopic (exact) mass is 474 g/mol. The Hall–Kier alpha value is -3.00. The topological polar surface area (TPSA) is 61.8 Å². The summed E-state index contributed by atoms with van der Waals surface area (Å²) in [5.41, 5.74) is 0.0445. The first-order chi connectivity index (χ1) is 16.0. The van der Waals surface area contributed by atoms with Crippen molar-refractivity contribution in [2.24, 2.45) is 5.92 Å². The van der Waals surface area contributed by atoms with E-state index in [1.807, 2.05) is 30.1 Å². The maximum Gasteiger partial charge on any atom is 0.328 e. The minimum absolute atomic E-state index is 0.0127. The Labute approximate surface area is 197 Å². The molecule has 0 radical (unpaired) electrons. The van der Waals surface area contributed by atoms with Crippen LogP contribution >= 0.6 is 0 Å². The van der Waals surface area contributed by atoms with Crippen LogP contribution in [-0.4, -0.2) is 47.4 Å². The van der Waals surface area contributed by atoms with Crippen molar-refractivity contribution >= 4 is 12.0 Å². The van der Waals surface area contributed by atoms with Crippen LogP contribution < -0.4 is 5.32 Å². The first-order valence-electron chi connectivity index (χ1n) is 11.3. The molecule has 0 bridgehead atoms. The standard InChI is InChI=1S/C26H29F3N2O3/c1-14-9-18-17-12-16(34-4)6-7-21(17)30-24(18)25(31(14)13-26(2,3)29)23-19(27)10-15(11-20(23)28)5-8-22(32)33/h5-8,10-12,14,17,21,25,30H,9,13H2,1-4H3,(H,32,33)/b8-5+. The van der Waals surface area contributed by atoms with E-state index in [0.29, 0.717) is 12.1 Å². The number of methoxy groups -OCH3 is 1. The largest absolute Gasteiger partial charge is 0.497 e. The van der Waals surface area contributed by atoms with Crippen molar-refractivity contribution in [3.8, 4) is 0 Å². The molecule has 4 atom stereocenters. The fraction of sp³-hybridized carbons (Fsp3) is 0.423. The lowest BCUT2D eigenvalue weighted by molar-refractivity contribution is -0.131. The van der Waals surface area contributed by atoms with Crippen molar-refractivity contribution in [1.82, 2.24) is 10.2 Å². The number of halogens is 3. The minimum atomic E-state index is -1.59. The lowest BCUT2D eigenvalue weighted by atomic mass is 9.81. The van der Waals surface area contributed by atoms with Crippen LogP contribution in [0.25, 0.3) is 6.08 Å². The molecule has 1 aliphatic carbocycles. The number of nitrogens with one attached hydrogen (secondary N) is 1. The number of benzene rings is 1. The van der Waals surface area contributed by atoms with Crippen LogP contribution in [0.2, 0.25) is 0 Å². The lowest BCUT2D eigenvalue weighted by Gasteiger charge is -2.44. The number of rotatable bonds is 6. The molecule has 0 aromatic heterocycles. The predicted molar refractivity (Wildman–Crippen MR) is 123 cm³/mol. The van der Waals surface area contributed by atoms with Gasteiger partial charge in [0.1, 0.15) is 23.1 Å². The molecule has 4 rings (SSSR count). The first-order valence-corrected chi connectivity index (χ1v) is 11.3. The summed E-state index contributed by atoms with van der Waals surface area (Å²) >= 11 is 0.